The van der Waals surface area contributed by atoms with Crippen LogP contribution in [0.15, 0.2) is 42.6 Å². The lowest BCUT2D eigenvalue weighted by Gasteiger charge is -2.04. The molecule has 5 heteroatoms. The van der Waals surface area contributed by atoms with Crippen LogP contribution in [0.4, 0.5) is 5.82 Å². The molecule has 1 amide bonds. The molecule has 88 valence electrons. The minimum absolute atomic E-state index is 0.485. The summed E-state index contributed by atoms with van der Waals surface area (Å²) in [4.78, 5) is 22.4. The van der Waals surface area contributed by atoms with E-state index in [1.807, 2.05) is 36.4 Å². The summed E-state index contributed by atoms with van der Waals surface area (Å²) < 4.78 is 0. The minimum atomic E-state index is 0.485. The first kappa shape index (κ1) is 10.5. The van der Waals surface area contributed by atoms with E-state index in [2.05, 4.69) is 20.3 Å². The average Bonchev–Trinajstić information content (AvgIpc) is 2.88. The van der Waals surface area contributed by atoms with Crippen molar-refractivity contribution in [2.75, 3.05) is 5.32 Å². The van der Waals surface area contributed by atoms with Crippen LogP contribution in [0.3, 0.4) is 0 Å². The fraction of sp³-hybridized carbons (Fsp3) is 0. The van der Waals surface area contributed by atoms with Crippen LogP contribution in [0.5, 0.6) is 0 Å². The molecule has 3 rings (SSSR count). The number of rotatable bonds is 3. The lowest BCUT2D eigenvalue weighted by Crippen LogP contribution is -2.01. The predicted molar refractivity (Wildman–Crippen MR) is 69.0 cm³/mol. The van der Waals surface area contributed by atoms with Gasteiger partial charge in [-0.15, -0.1) is 0 Å². The highest BCUT2D eigenvalue weighted by molar-refractivity contribution is 5.91. The van der Waals surface area contributed by atoms with Crippen molar-refractivity contribution in [3.63, 3.8) is 0 Å². The van der Waals surface area contributed by atoms with Crippen LogP contribution >= 0.6 is 0 Å². The van der Waals surface area contributed by atoms with Gasteiger partial charge in [0.1, 0.15) is 5.52 Å². The number of carbonyl (C=O) groups excluding carboxylic acids is 1. The maximum absolute atomic E-state index is 10.6. The van der Waals surface area contributed by atoms with Gasteiger partial charge in [0.05, 0.1) is 5.52 Å². The van der Waals surface area contributed by atoms with Crippen LogP contribution in [-0.2, 0) is 4.79 Å². The van der Waals surface area contributed by atoms with E-state index >= 15 is 0 Å². The Balaban J connectivity index is 2.21. The first-order valence-electron chi connectivity index (χ1n) is 5.49. The molecule has 0 unspecified atom stereocenters. The number of aromatic amines is 1. The Bertz CT molecular complexity index is 691. The number of aromatic nitrogens is 3. The molecule has 0 fully saturated rings. The third kappa shape index (κ3) is 1.71. The van der Waals surface area contributed by atoms with E-state index in [0.717, 1.165) is 16.6 Å². The molecule has 0 aliphatic heterocycles. The Labute approximate surface area is 103 Å². The Morgan fingerprint density at radius 2 is 1.94 bits per heavy atom. The van der Waals surface area contributed by atoms with E-state index in [0.29, 0.717) is 18.1 Å². The molecule has 2 N–H and O–H groups in total. The van der Waals surface area contributed by atoms with Crippen LogP contribution in [0.2, 0.25) is 0 Å². The van der Waals surface area contributed by atoms with Gasteiger partial charge in [0, 0.05) is 11.8 Å². The van der Waals surface area contributed by atoms with Crippen molar-refractivity contribution in [2.24, 2.45) is 0 Å². The molecule has 1 aromatic carbocycles. The first-order chi connectivity index (χ1) is 8.88. The van der Waals surface area contributed by atoms with Gasteiger partial charge in [0.2, 0.25) is 6.41 Å². The smallest absolute Gasteiger partial charge is 0.212 e. The number of hydrogen-bond acceptors (Lipinski definition) is 3. The molecule has 5 nitrogen and oxygen atoms in total. The van der Waals surface area contributed by atoms with E-state index in [1.165, 1.54) is 0 Å². The molecule has 18 heavy (non-hydrogen) atoms. The number of fused-ring (bicyclic) bond motifs is 1. The van der Waals surface area contributed by atoms with Crippen LogP contribution in [-0.4, -0.2) is 21.4 Å². The third-order valence-corrected chi connectivity index (χ3v) is 2.63. The zero-order valence-electron chi connectivity index (χ0n) is 9.42. The summed E-state index contributed by atoms with van der Waals surface area (Å²) in [5, 5.41) is 2.58. The fourth-order valence-corrected chi connectivity index (χ4v) is 1.82. The number of nitrogens with zero attached hydrogens (tertiary/aromatic N) is 2. The number of nitrogens with one attached hydrogen (secondary N) is 2. The summed E-state index contributed by atoms with van der Waals surface area (Å²) in [5.41, 5.74) is 2.41. The maximum atomic E-state index is 10.6. The SMILES string of the molecule is O=CNc1nc(-c2ccccc2)nc2cc[nH]c12. The molecular weight excluding hydrogens is 228 g/mol. The zero-order chi connectivity index (χ0) is 12.4. The molecule has 0 atom stereocenters. The van der Waals surface area contributed by atoms with Crippen molar-refractivity contribution < 1.29 is 4.79 Å². The van der Waals surface area contributed by atoms with Crippen molar-refractivity contribution in [3.8, 4) is 11.4 Å². The van der Waals surface area contributed by atoms with Gasteiger partial charge in [-0.25, -0.2) is 9.97 Å². The monoisotopic (exact) mass is 238 g/mol. The van der Waals surface area contributed by atoms with Gasteiger partial charge < -0.3 is 10.3 Å². The number of benzene rings is 1. The van der Waals surface area contributed by atoms with Crippen molar-refractivity contribution >= 4 is 23.3 Å². The average molecular weight is 238 g/mol. The number of H-pyrrole nitrogens is 1. The van der Waals surface area contributed by atoms with E-state index in [1.54, 1.807) is 6.20 Å². The lowest BCUT2D eigenvalue weighted by atomic mass is 10.2. The lowest BCUT2D eigenvalue weighted by molar-refractivity contribution is -0.105. The summed E-state index contributed by atoms with van der Waals surface area (Å²) in [6.07, 6.45) is 2.38. The molecule has 2 aromatic heterocycles. The number of hydrogen-bond donors (Lipinski definition) is 2. The van der Waals surface area contributed by atoms with Crippen LogP contribution < -0.4 is 5.32 Å². The van der Waals surface area contributed by atoms with Crippen LogP contribution in [0.1, 0.15) is 0 Å². The van der Waals surface area contributed by atoms with E-state index in [-0.39, 0.29) is 0 Å². The van der Waals surface area contributed by atoms with Crippen molar-refractivity contribution in [3.05, 3.63) is 42.6 Å². The van der Waals surface area contributed by atoms with Gasteiger partial charge in [0.15, 0.2) is 11.6 Å². The Kier molecular flexibility index (Phi) is 2.49. The summed E-state index contributed by atoms with van der Waals surface area (Å²) in [6.45, 7) is 0. The summed E-state index contributed by atoms with van der Waals surface area (Å²) in [6, 6.07) is 11.5. The molecule has 0 radical (unpaired) electrons. The fourth-order valence-electron chi connectivity index (χ4n) is 1.82. The zero-order valence-corrected chi connectivity index (χ0v) is 9.42. The van der Waals surface area contributed by atoms with Gasteiger partial charge in [0.25, 0.3) is 0 Å². The summed E-state index contributed by atoms with van der Waals surface area (Å²) >= 11 is 0. The minimum Gasteiger partial charge on any atom is -0.357 e. The van der Waals surface area contributed by atoms with Crippen LogP contribution in [0.25, 0.3) is 22.4 Å². The largest absolute Gasteiger partial charge is 0.357 e. The number of carbonyl (C=O) groups is 1. The third-order valence-electron chi connectivity index (χ3n) is 2.63. The molecule has 0 aliphatic carbocycles. The highest BCUT2D eigenvalue weighted by atomic mass is 16.1. The Morgan fingerprint density at radius 3 is 2.72 bits per heavy atom. The maximum Gasteiger partial charge on any atom is 0.212 e. The quantitative estimate of drug-likeness (QED) is 0.687. The normalized spacial score (nSPS) is 10.4. The summed E-state index contributed by atoms with van der Waals surface area (Å²) in [7, 11) is 0. The molecular formula is C13H10N4O. The number of amides is 1. The molecule has 0 saturated carbocycles. The van der Waals surface area contributed by atoms with Crippen LogP contribution in [0, 0.1) is 0 Å². The van der Waals surface area contributed by atoms with E-state index in [4.69, 9.17) is 0 Å². The standard InChI is InChI=1S/C13H10N4O/c18-8-15-13-11-10(6-7-14-11)16-12(17-13)9-4-2-1-3-5-9/h1-8,14H,(H,15,16,17,18). The number of anilines is 1. The van der Waals surface area contributed by atoms with E-state index < -0.39 is 0 Å². The molecule has 0 aliphatic rings. The highest BCUT2D eigenvalue weighted by Gasteiger charge is 2.09. The topological polar surface area (TPSA) is 70.7 Å². The first-order valence-corrected chi connectivity index (χ1v) is 5.49. The molecule has 0 bridgehead atoms. The Morgan fingerprint density at radius 1 is 1.11 bits per heavy atom. The molecule has 2 heterocycles. The van der Waals surface area contributed by atoms with Crippen molar-refractivity contribution in [1.29, 1.82) is 0 Å². The highest BCUT2D eigenvalue weighted by Crippen LogP contribution is 2.23. The van der Waals surface area contributed by atoms with Gasteiger partial charge >= 0.3 is 0 Å². The van der Waals surface area contributed by atoms with Gasteiger partial charge in [-0.1, -0.05) is 30.3 Å². The predicted octanol–water partition coefficient (Wildman–Crippen LogP) is 2.19. The van der Waals surface area contributed by atoms with Gasteiger partial charge in [-0.05, 0) is 6.07 Å². The van der Waals surface area contributed by atoms with Gasteiger partial charge in [-0.2, -0.15) is 0 Å². The van der Waals surface area contributed by atoms with Crippen molar-refractivity contribution in [1.82, 2.24) is 15.0 Å². The molecule has 0 spiro atoms. The second-order valence-electron chi connectivity index (χ2n) is 3.76. The second kappa shape index (κ2) is 4.29. The van der Waals surface area contributed by atoms with Gasteiger partial charge in [-0.3, -0.25) is 4.79 Å². The second-order valence-corrected chi connectivity index (χ2v) is 3.76. The van der Waals surface area contributed by atoms with Crippen molar-refractivity contribution in [2.45, 2.75) is 0 Å². The molecule has 3 aromatic rings. The Hall–Kier alpha value is -2.69. The van der Waals surface area contributed by atoms with E-state index in [9.17, 15) is 4.79 Å². The molecule has 0 saturated heterocycles. The summed E-state index contributed by atoms with van der Waals surface area (Å²) in [5.74, 6) is 1.07.